The van der Waals surface area contributed by atoms with Crippen LogP contribution in [0.5, 0.6) is 0 Å². The summed E-state index contributed by atoms with van der Waals surface area (Å²) in [6, 6.07) is 0.355. The molecule has 0 heterocycles. The van der Waals surface area contributed by atoms with Crippen molar-refractivity contribution in [3.05, 3.63) is 34.9 Å². The molecule has 0 fully saturated rings. The summed E-state index contributed by atoms with van der Waals surface area (Å²) >= 11 is 0. The number of hydrogen-bond donors (Lipinski definition) is 0. The second-order valence-corrected chi connectivity index (χ2v) is 3.04. The van der Waals surface area contributed by atoms with Gasteiger partial charge in [-0.3, -0.25) is 0 Å². The van der Waals surface area contributed by atoms with Crippen LogP contribution in [0.3, 0.4) is 0 Å². The van der Waals surface area contributed by atoms with E-state index in [9.17, 15) is 17.6 Å². The van der Waals surface area contributed by atoms with E-state index in [2.05, 4.69) is 0 Å². The van der Waals surface area contributed by atoms with E-state index in [0.717, 1.165) is 0 Å². The predicted molar refractivity (Wildman–Crippen MR) is 63.1 cm³/mol. The van der Waals surface area contributed by atoms with Crippen LogP contribution in [0.4, 0.5) is 17.6 Å². The lowest BCUT2D eigenvalue weighted by Gasteiger charge is -2.09. The lowest BCUT2D eigenvalue weighted by molar-refractivity contribution is 0.420. The first-order chi connectivity index (χ1) is 7.95. The highest BCUT2D eigenvalue weighted by atomic mass is 19.2. The fourth-order valence-corrected chi connectivity index (χ4v) is 1.11. The van der Waals surface area contributed by atoms with Gasteiger partial charge >= 0.3 is 0 Å². The second-order valence-electron chi connectivity index (χ2n) is 3.04. The zero-order chi connectivity index (χ0) is 14.2. The summed E-state index contributed by atoms with van der Waals surface area (Å²) in [5, 5.41) is 0. The van der Waals surface area contributed by atoms with Gasteiger partial charge in [0, 0.05) is 11.6 Å². The molecule has 0 aliphatic rings. The van der Waals surface area contributed by atoms with Gasteiger partial charge in [0.25, 0.3) is 0 Å². The third-order valence-corrected chi connectivity index (χ3v) is 1.73. The molecule has 100 valence electrons. The fourth-order valence-electron chi connectivity index (χ4n) is 1.11. The quantitative estimate of drug-likeness (QED) is 0.355. The first kappa shape index (κ1) is 18.3. The van der Waals surface area contributed by atoms with Gasteiger partial charge < -0.3 is 0 Å². The van der Waals surface area contributed by atoms with Crippen molar-refractivity contribution in [2.45, 2.75) is 47.5 Å². The van der Waals surface area contributed by atoms with Crippen LogP contribution in [0.1, 0.15) is 53.0 Å². The van der Waals surface area contributed by atoms with Crippen LogP contribution in [-0.2, 0) is 0 Å². The Kier molecular flexibility index (Phi) is 9.72. The normalized spacial score (nSPS) is 9.12. The van der Waals surface area contributed by atoms with E-state index in [0.29, 0.717) is 6.07 Å². The van der Waals surface area contributed by atoms with Crippen molar-refractivity contribution in [3.63, 3.8) is 0 Å². The van der Waals surface area contributed by atoms with E-state index in [1.54, 1.807) is 0 Å². The minimum Gasteiger partial charge on any atom is -0.206 e. The summed E-state index contributed by atoms with van der Waals surface area (Å²) in [5.41, 5.74) is -0.418. The molecule has 1 rings (SSSR count). The molecule has 0 spiro atoms. The fraction of sp³-hybridized carbons (Fsp3) is 0.538. The highest BCUT2D eigenvalue weighted by Crippen LogP contribution is 2.25. The summed E-state index contributed by atoms with van der Waals surface area (Å²) < 4.78 is 50.9. The molecule has 0 aliphatic carbocycles. The molecule has 0 aromatic heterocycles. The summed E-state index contributed by atoms with van der Waals surface area (Å²) in [5.74, 6) is -6.13. The van der Waals surface area contributed by atoms with E-state index in [1.807, 2.05) is 27.7 Å². The molecule has 1 aromatic carbocycles. The van der Waals surface area contributed by atoms with Crippen molar-refractivity contribution in [1.82, 2.24) is 0 Å². The van der Waals surface area contributed by atoms with Gasteiger partial charge in [0.1, 0.15) is 5.82 Å². The summed E-state index contributed by atoms with van der Waals surface area (Å²) in [4.78, 5) is 0. The number of halogens is 4. The molecule has 0 aliphatic heterocycles. The molecule has 0 bridgehead atoms. The Balaban J connectivity index is 0. The summed E-state index contributed by atoms with van der Waals surface area (Å²) in [6.45, 7) is 11.0. The lowest BCUT2D eigenvalue weighted by atomic mass is 10.0. The van der Waals surface area contributed by atoms with Crippen molar-refractivity contribution in [2.24, 2.45) is 0 Å². The third-order valence-electron chi connectivity index (χ3n) is 1.73. The summed E-state index contributed by atoms with van der Waals surface area (Å²) in [7, 11) is 0. The zero-order valence-electron chi connectivity index (χ0n) is 11.2. The molecule has 0 N–H and O–H groups in total. The van der Waals surface area contributed by atoms with Gasteiger partial charge in [-0.15, -0.1) is 0 Å². The van der Waals surface area contributed by atoms with E-state index in [4.69, 9.17) is 0 Å². The maximum absolute atomic E-state index is 12.9. The van der Waals surface area contributed by atoms with Crippen molar-refractivity contribution >= 4 is 0 Å². The van der Waals surface area contributed by atoms with Crippen LogP contribution in [0.15, 0.2) is 6.07 Å². The molecule has 4 heteroatoms. The van der Waals surface area contributed by atoms with Gasteiger partial charge in [-0.2, -0.15) is 0 Å². The third kappa shape index (κ3) is 4.75. The maximum Gasteiger partial charge on any atom is 0.194 e. The van der Waals surface area contributed by atoms with Crippen molar-refractivity contribution < 1.29 is 17.6 Å². The van der Waals surface area contributed by atoms with Crippen LogP contribution < -0.4 is 0 Å². The first-order valence-corrected chi connectivity index (χ1v) is 5.78. The molecule has 0 unspecified atom stereocenters. The second kappa shape index (κ2) is 9.02. The largest absolute Gasteiger partial charge is 0.206 e. The minimum absolute atomic E-state index is 0.355. The standard InChI is InChI=1S/C9H8F4.2C2H6/c1-4(2)7-5(10)3-6(11)8(12)9(7)13;2*1-2/h3-4H,1-2H3;2*1-2H3. The van der Waals surface area contributed by atoms with E-state index >= 15 is 0 Å². The average molecular weight is 252 g/mol. The van der Waals surface area contributed by atoms with Gasteiger partial charge in [0.15, 0.2) is 17.5 Å². The van der Waals surface area contributed by atoms with Gasteiger partial charge in [0.05, 0.1) is 0 Å². The van der Waals surface area contributed by atoms with Crippen LogP contribution in [0.2, 0.25) is 0 Å². The highest BCUT2D eigenvalue weighted by molar-refractivity contribution is 5.24. The molecular formula is C13H20F4. The van der Waals surface area contributed by atoms with Crippen LogP contribution in [0.25, 0.3) is 0 Å². The lowest BCUT2D eigenvalue weighted by Crippen LogP contribution is -2.03. The van der Waals surface area contributed by atoms with Crippen molar-refractivity contribution in [1.29, 1.82) is 0 Å². The highest BCUT2D eigenvalue weighted by Gasteiger charge is 2.20. The Labute approximate surface area is 101 Å². The Morgan fingerprint density at radius 2 is 1.18 bits per heavy atom. The number of hydrogen-bond acceptors (Lipinski definition) is 0. The van der Waals surface area contributed by atoms with Crippen molar-refractivity contribution in [3.8, 4) is 0 Å². The van der Waals surface area contributed by atoms with Gasteiger partial charge in [-0.25, -0.2) is 17.6 Å². The molecule has 0 radical (unpaired) electrons. The molecular weight excluding hydrogens is 232 g/mol. The monoisotopic (exact) mass is 252 g/mol. The Hall–Kier alpha value is -1.06. The molecule has 0 saturated carbocycles. The molecule has 0 atom stereocenters. The molecule has 1 aromatic rings. The minimum atomic E-state index is -1.62. The molecule has 0 amide bonds. The average Bonchev–Trinajstić information content (AvgIpc) is 2.31. The van der Waals surface area contributed by atoms with E-state index < -0.39 is 34.8 Å². The molecule has 0 nitrogen and oxygen atoms in total. The number of rotatable bonds is 1. The Morgan fingerprint density at radius 3 is 1.53 bits per heavy atom. The smallest absolute Gasteiger partial charge is 0.194 e. The Morgan fingerprint density at radius 1 is 0.765 bits per heavy atom. The first-order valence-electron chi connectivity index (χ1n) is 5.78. The van der Waals surface area contributed by atoms with Crippen LogP contribution >= 0.6 is 0 Å². The van der Waals surface area contributed by atoms with Gasteiger partial charge in [-0.05, 0) is 5.92 Å². The predicted octanol–water partition coefficient (Wildman–Crippen LogP) is 5.42. The summed E-state index contributed by atoms with van der Waals surface area (Å²) in [6.07, 6.45) is 0. The van der Waals surface area contributed by atoms with Gasteiger partial charge in [-0.1, -0.05) is 41.5 Å². The van der Waals surface area contributed by atoms with Crippen LogP contribution in [-0.4, -0.2) is 0 Å². The number of benzene rings is 1. The van der Waals surface area contributed by atoms with Gasteiger partial charge in [0.2, 0.25) is 0 Å². The maximum atomic E-state index is 12.9. The molecule has 0 saturated heterocycles. The molecule has 17 heavy (non-hydrogen) atoms. The topological polar surface area (TPSA) is 0 Å². The van der Waals surface area contributed by atoms with E-state index in [-0.39, 0.29) is 0 Å². The van der Waals surface area contributed by atoms with E-state index in [1.165, 1.54) is 13.8 Å². The SMILES string of the molecule is CC.CC.CC(C)c1c(F)cc(F)c(F)c1F. The van der Waals surface area contributed by atoms with Crippen LogP contribution in [0, 0.1) is 23.3 Å². The Bertz CT molecular complexity index is 333. The van der Waals surface area contributed by atoms with Crippen molar-refractivity contribution in [2.75, 3.05) is 0 Å². The zero-order valence-corrected chi connectivity index (χ0v) is 11.2.